The summed E-state index contributed by atoms with van der Waals surface area (Å²) < 4.78 is 67.1. The maximum absolute atomic E-state index is 12.8. The minimum atomic E-state index is -4.37. The minimum Gasteiger partial charge on any atom is -0.324 e. The fraction of sp³-hybridized carbons (Fsp3) is 0.500. The van der Waals surface area contributed by atoms with Crippen LogP contribution in [0, 0.1) is 0 Å². The van der Waals surface area contributed by atoms with Gasteiger partial charge in [0.2, 0.25) is 0 Å². The highest BCUT2D eigenvalue weighted by atomic mass is 32.2. The second kappa shape index (κ2) is 6.82. The number of aromatic nitrogens is 5. The fourth-order valence-electron chi connectivity index (χ4n) is 3.70. The van der Waals surface area contributed by atoms with Crippen LogP contribution in [0.15, 0.2) is 17.3 Å². The van der Waals surface area contributed by atoms with Gasteiger partial charge in [-0.2, -0.15) is 13.2 Å². The third-order valence-electron chi connectivity index (χ3n) is 5.12. The Morgan fingerprint density at radius 2 is 1.97 bits per heavy atom. The van der Waals surface area contributed by atoms with Gasteiger partial charge in [-0.1, -0.05) is 6.92 Å². The average molecular weight is 427 g/mol. The number of hydrogen-bond acceptors (Lipinski definition) is 5. The van der Waals surface area contributed by atoms with E-state index >= 15 is 0 Å². The van der Waals surface area contributed by atoms with E-state index in [2.05, 4.69) is 15.0 Å². The zero-order valence-electron chi connectivity index (χ0n) is 16.0. The quantitative estimate of drug-likeness (QED) is 0.639. The maximum Gasteiger partial charge on any atom is 0.394 e. The van der Waals surface area contributed by atoms with Crippen molar-refractivity contribution in [2.45, 2.75) is 50.4 Å². The summed E-state index contributed by atoms with van der Waals surface area (Å²) in [4.78, 5) is 12.9. The highest BCUT2D eigenvalue weighted by molar-refractivity contribution is 7.91. The molecule has 0 aliphatic carbocycles. The second-order valence-corrected chi connectivity index (χ2v) is 9.34. The van der Waals surface area contributed by atoms with Crippen LogP contribution in [0.4, 0.5) is 13.2 Å². The van der Waals surface area contributed by atoms with Crippen molar-refractivity contribution in [3.8, 4) is 11.5 Å². The van der Waals surface area contributed by atoms with Crippen molar-refractivity contribution >= 4 is 20.9 Å². The fourth-order valence-corrected chi connectivity index (χ4v) is 4.94. The lowest BCUT2D eigenvalue weighted by Gasteiger charge is -2.16. The van der Waals surface area contributed by atoms with Crippen LogP contribution in [0.25, 0.3) is 22.6 Å². The first-order chi connectivity index (χ1) is 13.6. The van der Waals surface area contributed by atoms with E-state index in [1.54, 1.807) is 23.1 Å². The molecule has 0 saturated carbocycles. The van der Waals surface area contributed by atoms with E-state index in [4.69, 9.17) is 0 Å². The molecule has 0 radical (unpaired) electrons. The third kappa shape index (κ3) is 3.52. The number of aryl methyl sites for hydroxylation is 2. The van der Waals surface area contributed by atoms with E-state index in [1.165, 1.54) is 12.3 Å². The van der Waals surface area contributed by atoms with Crippen molar-refractivity contribution < 1.29 is 21.6 Å². The number of nitrogens with zero attached hydrogens (tertiary/aromatic N) is 5. The number of alkyl halides is 3. The van der Waals surface area contributed by atoms with Gasteiger partial charge in [0.25, 0.3) is 0 Å². The summed E-state index contributed by atoms with van der Waals surface area (Å²) in [5.74, 6) is 0.924. The Bertz CT molecular complexity index is 1190. The molecule has 4 heterocycles. The number of rotatable bonds is 4. The number of sulfone groups is 1. The van der Waals surface area contributed by atoms with Crippen LogP contribution in [0.1, 0.15) is 31.3 Å². The Hall–Kier alpha value is -2.43. The van der Waals surface area contributed by atoms with Crippen LogP contribution >= 0.6 is 0 Å². The van der Waals surface area contributed by atoms with Crippen molar-refractivity contribution in [3.05, 3.63) is 23.8 Å². The van der Waals surface area contributed by atoms with Crippen molar-refractivity contribution in [2.24, 2.45) is 7.05 Å². The molecule has 3 aromatic rings. The summed E-state index contributed by atoms with van der Waals surface area (Å²) in [6.45, 7) is 2.14. The normalized spacial score (nSPS) is 15.1. The standard InChI is InChI=1S/C18H20F3N5O2S/c1-3-29(27,28)17-15(24-14-6-4-5-7-26(14)17)16-23-12-8-11(9-18(19,20)21)22-10-13(12)25(16)2/h8,10H,3-7,9H2,1-2H3. The Labute approximate surface area is 165 Å². The molecular formula is C18H20F3N5O2S. The van der Waals surface area contributed by atoms with Crippen LogP contribution in [0.5, 0.6) is 0 Å². The summed E-state index contributed by atoms with van der Waals surface area (Å²) in [6.07, 6.45) is -1.73. The van der Waals surface area contributed by atoms with E-state index in [0.29, 0.717) is 35.6 Å². The molecule has 1 aliphatic rings. The number of halogens is 3. The topological polar surface area (TPSA) is 82.7 Å². The first-order valence-electron chi connectivity index (χ1n) is 9.31. The van der Waals surface area contributed by atoms with Gasteiger partial charge in [-0.05, 0) is 18.9 Å². The highest BCUT2D eigenvalue weighted by Crippen LogP contribution is 2.33. The average Bonchev–Trinajstić information content (AvgIpc) is 3.18. The Morgan fingerprint density at radius 1 is 1.21 bits per heavy atom. The minimum absolute atomic E-state index is 0.0770. The molecule has 0 atom stereocenters. The van der Waals surface area contributed by atoms with Gasteiger partial charge in [0.15, 0.2) is 20.7 Å². The van der Waals surface area contributed by atoms with Gasteiger partial charge in [0.1, 0.15) is 11.5 Å². The summed E-state index contributed by atoms with van der Waals surface area (Å²) in [5, 5.41) is 0.136. The van der Waals surface area contributed by atoms with Crippen LogP contribution < -0.4 is 0 Å². The van der Waals surface area contributed by atoms with Gasteiger partial charge in [0.05, 0.1) is 35.1 Å². The van der Waals surface area contributed by atoms with E-state index in [0.717, 1.165) is 12.8 Å². The van der Waals surface area contributed by atoms with Crippen LogP contribution in [-0.2, 0) is 36.3 Å². The molecule has 0 aromatic carbocycles. The molecule has 0 bridgehead atoms. The Balaban J connectivity index is 1.91. The lowest BCUT2D eigenvalue weighted by atomic mass is 10.2. The zero-order valence-corrected chi connectivity index (χ0v) is 16.8. The summed E-state index contributed by atoms with van der Waals surface area (Å²) >= 11 is 0. The molecule has 0 saturated heterocycles. The first-order valence-corrected chi connectivity index (χ1v) is 11.0. The molecule has 1 aliphatic heterocycles. The first kappa shape index (κ1) is 19.9. The van der Waals surface area contributed by atoms with Crippen molar-refractivity contribution in [1.82, 2.24) is 24.1 Å². The number of hydrogen-bond donors (Lipinski definition) is 0. The molecule has 0 N–H and O–H groups in total. The monoisotopic (exact) mass is 427 g/mol. The van der Waals surface area contributed by atoms with Gasteiger partial charge in [0, 0.05) is 20.0 Å². The summed E-state index contributed by atoms with van der Waals surface area (Å²) in [5.41, 5.74) is 0.944. The van der Waals surface area contributed by atoms with E-state index < -0.39 is 22.4 Å². The summed E-state index contributed by atoms with van der Waals surface area (Å²) in [6, 6.07) is 1.29. The molecule has 0 amide bonds. The van der Waals surface area contributed by atoms with Crippen molar-refractivity contribution in [2.75, 3.05) is 5.75 Å². The second-order valence-electron chi connectivity index (χ2n) is 7.14. The van der Waals surface area contributed by atoms with E-state index in [1.807, 2.05) is 0 Å². The SMILES string of the molecule is CCS(=O)(=O)c1c(-c2nc3cc(CC(F)(F)F)ncc3n2C)nc2n1CCCC2. The van der Waals surface area contributed by atoms with E-state index in [-0.39, 0.29) is 22.2 Å². The molecule has 0 fully saturated rings. The van der Waals surface area contributed by atoms with Crippen LogP contribution in [-0.4, -0.2) is 44.4 Å². The number of pyridine rings is 1. The molecule has 0 unspecified atom stereocenters. The van der Waals surface area contributed by atoms with Crippen molar-refractivity contribution in [3.63, 3.8) is 0 Å². The third-order valence-corrected chi connectivity index (χ3v) is 6.89. The molecule has 3 aromatic heterocycles. The molecule has 156 valence electrons. The van der Waals surface area contributed by atoms with E-state index in [9.17, 15) is 21.6 Å². The largest absolute Gasteiger partial charge is 0.394 e. The molecule has 4 rings (SSSR count). The number of fused-ring (bicyclic) bond motifs is 2. The lowest BCUT2D eigenvalue weighted by molar-refractivity contribution is -0.127. The lowest BCUT2D eigenvalue weighted by Crippen LogP contribution is -2.17. The van der Waals surface area contributed by atoms with Gasteiger partial charge in [-0.3, -0.25) is 4.98 Å². The Morgan fingerprint density at radius 3 is 2.66 bits per heavy atom. The smallest absolute Gasteiger partial charge is 0.324 e. The molecule has 11 heteroatoms. The van der Waals surface area contributed by atoms with Crippen LogP contribution in [0.3, 0.4) is 0 Å². The maximum atomic E-state index is 12.8. The molecular weight excluding hydrogens is 407 g/mol. The predicted octanol–water partition coefficient (Wildman–Crippen LogP) is 3.07. The number of imidazole rings is 2. The van der Waals surface area contributed by atoms with Gasteiger partial charge >= 0.3 is 6.18 Å². The Kier molecular flexibility index (Phi) is 4.67. The zero-order chi connectivity index (χ0) is 21.0. The molecule has 29 heavy (non-hydrogen) atoms. The van der Waals surface area contributed by atoms with Crippen LogP contribution in [0.2, 0.25) is 0 Å². The predicted molar refractivity (Wildman–Crippen MR) is 100 cm³/mol. The van der Waals surface area contributed by atoms with Gasteiger partial charge in [-0.15, -0.1) is 0 Å². The van der Waals surface area contributed by atoms with Gasteiger partial charge < -0.3 is 9.13 Å². The molecule has 0 spiro atoms. The highest BCUT2D eigenvalue weighted by Gasteiger charge is 2.32. The van der Waals surface area contributed by atoms with Gasteiger partial charge in [-0.25, -0.2) is 18.4 Å². The summed E-state index contributed by atoms with van der Waals surface area (Å²) in [7, 11) is -1.90. The molecule has 7 nitrogen and oxygen atoms in total. The van der Waals surface area contributed by atoms with Crippen molar-refractivity contribution in [1.29, 1.82) is 0 Å².